The molecule has 1 aliphatic heterocycles. The van der Waals surface area contributed by atoms with Gasteiger partial charge in [0.1, 0.15) is 5.75 Å². The summed E-state index contributed by atoms with van der Waals surface area (Å²) in [6, 6.07) is 11.6. The van der Waals surface area contributed by atoms with E-state index in [0.29, 0.717) is 12.2 Å². The Kier molecular flexibility index (Phi) is 3.62. The highest BCUT2D eigenvalue weighted by molar-refractivity contribution is 9.10. The zero-order valence-corrected chi connectivity index (χ0v) is 12.9. The van der Waals surface area contributed by atoms with Gasteiger partial charge in [-0.15, -0.1) is 0 Å². The van der Waals surface area contributed by atoms with Gasteiger partial charge in [-0.3, -0.25) is 4.79 Å². The predicted octanol–water partition coefficient (Wildman–Crippen LogP) is 4.31. The maximum absolute atomic E-state index is 12.8. The smallest absolute Gasteiger partial charge is 0.197 e. The molecule has 1 heterocycles. The Bertz CT molecular complexity index is 677. The van der Waals surface area contributed by atoms with Gasteiger partial charge in [-0.1, -0.05) is 28.1 Å². The van der Waals surface area contributed by atoms with Crippen LogP contribution in [0.15, 0.2) is 40.9 Å². The molecule has 0 unspecified atom stereocenters. The number of benzene rings is 2. The molecule has 0 saturated carbocycles. The zero-order valence-electron chi connectivity index (χ0n) is 11.3. The summed E-state index contributed by atoms with van der Waals surface area (Å²) in [5, 5.41) is 0. The molecule has 0 atom stereocenters. The van der Waals surface area contributed by atoms with E-state index in [9.17, 15) is 4.79 Å². The van der Waals surface area contributed by atoms with E-state index in [0.717, 1.165) is 39.8 Å². The van der Waals surface area contributed by atoms with Gasteiger partial charge in [0.2, 0.25) is 0 Å². The minimum Gasteiger partial charge on any atom is -0.493 e. The molecular weight excluding hydrogens is 316 g/mol. The molecular formula is C17H15BrO2. The fourth-order valence-electron chi connectivity index (χ4n) is 2.59. The zero-order chi connectivity index (χ0) is 14.1. The topological polar surface area (TPSA) is 26.3 Å². The average molecular weight is 331 g/mol. The highest BCUT2D eigenvalue weighted by Gasteiger charge is 2.21. The Hall–Kier alpha value is -1.61. The lowest BCUT2D eigenvalue weighted by Gasteiger charge is -2.20. The number of aryl methyl sites for hydroxylation is 2. The molecule has 2 aromatic rings. The standard InChI is InChI=1S/C17H15BrO2/c1-11-10-13(18)7-8-14(11)16(19)15-6-2-4-12-5-3-9-20-17(12)15/h2,4,6-8,10H,3,5,9H2,1H3. The second-order valence-electron chi connectivity index (χ2n) is 5.03. The second-order valence-corrected chi connectivity index (χ2v) is 5.95. The van der Waals surface area contributed by atoms with E-state index in [1.165, 1.54) is 0 Å². The molecule has 0 N–H and O–H groups in total. The van der Waals surface area contributed by atoms with E-state index in [4.69, 9.17) is 4.74 Å². The van der Waals surface area contributed by atoms with Crippen LogP contribution in [0.25, 0.3) is 0 Å². The maximum Gasteiger partial charge on any atom is 0.197 e. The van der Waals surface area contributed by atoms with Crippen LogP contribution in [0.4, 0.5) is 0 Å². The third-order valence-electron chi connectivity index (χ3n) is 3.61. The van der Waals surface area contributed by atoms with Gasteiger partial charge in [-0.25, -0.2) is 0 Å². The monoisotopic (exact) mass is 330 g/mol. The fourth-order valence-corrected chi connectivity index (χ4v) is 3.07. The number of ketones is 1. The minimum atomic E-state index is 0.0359. The number of fused-ring (bicyclic) bond motifs is 1. The average Bonchev–Trinajstić information content (AvgIpc) is 2.46. The highest BCUT2D eigenvalue weighted by atomic mass is 79.9. The van der Waals surface area contributed by atoms with Gasteiger partial charge in [0.05, 0.1) is 12.2 Å². The molecule has 3 heteroatoms. The highest BCUT2D eigenvalue weighted by Crippen LogP contribution is 2.31. The Morgan fingerprint density at radius 2 is 2.05 bits per heavy atom. The van der Waals surface area contributed by atoms with Crippen LogP contribution in [-0.2, 0) is 6.42 Å². The Labute approximate surface area is 126 Å². The number of rotatable bonds is 2. The van der Waals surface area contributed by atoms with Crippen molar-refractivity contribution >= 4 is 21.7 Å². The molecule has 0 radical (unpaired) electrons. The van der Waals surface area contributed by atoms with Gasteiger partial charge in [0, 0.05) is 10.0 Å². The summed E-state index contributed by atoms with van der Waals surface area (Å²) >= 11 is 3.43. The van der Waals surface area contributed by atoms with E-state index >= 15 is 0 Å². The van der Waals surface area contributed by atoms with E-state index < -0.39 is 0 Å². The largest absolute Gasteiger partial charge is 0.493 e. The van der Waals surface area contributed by atoms with E-state index in [1.54, 1.807) is 0 Å². The molecule has 3 rings (SSSR count). The van der Waals surface area contributed by atoms with Crippen molar-refractivity contribution in [2.45, 2.75) is 19.8 Å². The molecule has 20 heavy (non-hydrogen) atoms. The van der Waals surface area contributed by atoms with Gasteiger partial charge in [-0.2, -0.15) is 0 Å². The predicted molar refractivity (Wildman–Crippen MR) is 82.6 cm³/mol. The van der Waals surface area contributed by atoms with Crippen LogP contribution in [0.2, 0.25) is 0 Å². The lowest BCUT2D eigenvalue weighted by molar-refractivity contribution is 0.103. The lowest BCUT2D eigenvalue weighted by atomic mass is 9.95. The van der Waals surface area contributed by atoms with Gasteiger partial charge >= 0.3 is 0 Å². The van der Waals surface area contributed by atoms with E-state index in [2.05, 4.69) is 15.9 Å². The first-order chi connectivity index (χ1) is 9.66. The number of hydrogen-bond donors (Lipinski definition) is 0. The SMILES string of the molecule is Cc1cc(Br)ccc1C(=O)c1cccc2c1OCCC2. The summed E-state index contributed by atoms with van der Waals surface area (Å²) < 4.78 is 6.71. The van der Waals surface area contributed by atoms with Crippen molar-refractivity contribution in [3.05, 3.63) is 63.1 Å². The van der Waals surface area contributed by atoms with Crippen molar-refractivity contribution in [2.24, 2.45) is 0 Å². The Morgan fingerprint density at radius 1 is 1.20 bits per heavy atom. The number of ether oxygens (including phenoxy) is 1. The van der Waals surface area contributed by atoms with Gasteiger partial charge in [0.15, 0.2) is 5.78 Å². The lowest BCUT2D eigenvalue weighted by Crippen LogP contribution is -2.13. The third-order valence-corrected chi connectivity index (χ3v) is 4.10. The third kappa shape index (κ3) is 2.38. The van der Waals surface area contributed by atoms with Crippen molar-refractivity contribution in [2.75, 3.05) is 6.61 Å². The van der Waals surface area contributed by atoms with Crippen LogP contribution in [0.5, 0.6) is 5.75 Å². The van der Waals surface area contributed by atoms with Crippen LogP contribution in [0.1, 0.15) is 33.5 Å². The summed E-state index contributed by atoms with van der Waals surface area (Å²) in [6.07, 6.45) is 2.00. The quantitative estimate of drug-likeness (QED) is 0.767. The summed E-state index contributed by atoms with van der Waals surface area (Å²) in [7, 11) is 0. The van der Waals surface area contributed by atoms with Crippen LogP contribution < -0.4 is 4.74 Å². The maximum atomic E-state index is 12.8. The summed E-state index contributed by atoms with van der Waals surface area (Å²) in [5.74, 6) is 0.805. The number of para-hydroxylation sites is 1. The van der Waals surface area contributed by atoms with Crippen molar-refractivity contribution in [1.29, 1.82) is 0 Å². The van der Waals surface area contributed by atoms with Crippen LogP contribution >= 0.6 is 15.9 Å². The molecule has 0 fully saturated rings. The summed E-state index contributed by atoms with van der Waals surface area (Å²) in [4.78, 5) is 12.8. The number of halogens is 1. The van der Waals surface area contributed by atoms with Crippen molar-refractivity contribution < 1.29 is 9.53 Å². The molecule has 2 aromatic carbocycles. The molecule has 0 aliphatic carbocycles. The first-order valence-electron chi connectivity index (χ1n) is 6.72. The number of carbonyl (C=O) groups excluding carboxylic acids is 1. The summed E-state index contributed by atoms with van der Waals surface area (Å²) in [6.45, 7) is 2.64. The van der Waals surface area contributed by atoms with Gasteiger partial charge in [-0.05, 0) is 55.2 Å². The molecule has 0 bridgehead atoms. The number of hydrogen-bond acceptors (Lipinski definition) is 2. The molecule has 0 aromatic heterocycles. The first-order valence-corrected chi connectivity index (χ1v) is 7.51. The second kappa shape index (κ2) is 5.41. The molecule has 102 valence electrons. The van der Waals surface area contributed by atoms with Crippen molar-refractivity contribution in [1.82, 2.24) is 0 Å². The van der Waals surface area contributed by atoms with Crippen molar-refractivity contribution in [3.8, 4) is 5.75 Å². The minimum absolute atomic E-state index is 0.0359. The van der Waals surface area contributed by atoms with Crippen LogP contribution in [0, 0.1) is 6.92 Å². The molecule has 1 aliphatic rings. The van der Waals surface area contributed by atoms with Crippen molar-refractivity contribution in [3.63, 3.8) is 0 Å². The van der Waals surface area contributed by atoms with Gasteiger partial charge < -0.3 is 4.74 Å². The Morgan fingerprint density at radius 3 is 2.85 bits per heavy atom. The van der Waals surface area contributed by atoms with E-state index in [1.807, 2.05) is 43.3 Å². The molecule has 2 nitrogen and oxygen atoms in total. The first kappa shape index (κ1) is 13.4. The Balaban J connectivity index is 2.07. The normalized spacial score (nSPS) is 13.5. The van der Waals surface area contributed by atoms with Gasteiger partial charge in [0.25, 0.3) is 0 Å². The molecule has 0 spiro atoms. The molecule has 0 saturated heterocycles. The summed E-state index contributed by atoms with van der Waals surface area (Å²) in [5.41, 5.74) is 3.51. The number of carbonyl (C=O) groups is 1. The van der Waals surface area contributed by atoms with E-state index in [-0.39, 0.29) is 5.78 Å². The van der Waals surface area contributed by atoms with Crippen LogP contribution in [0.3, 0.4) is 0 Å². The fraction of sp³-hybridized carbons (Fsp3) is 0.235. The van der Waals surface area contributed by atoms with Crippen LogP contribution in [-0.4, -0.2) is 12.4 Å². The molecule has 0 amide bonds.